The zero-order valence-corrected chi connectivity index (χ0v) is 45.3. The number of hydrogen-bond acceptors (Lipinski definition) is 12. The lowest BCUT2D eigenvalue weighted by molar-refractivity contribution is -0.157. The Morgan fingerprint density at radius 3 is 1.42 bits per heavy atom. The first-order chi connectivity index (χ1) is 33.8. The Labute approximate surface area is 436 Å². The standard InChI is InChI=1S/C52H95N5O12S.ClH/c1-3-5-7-9-11-13-15-17-19-21-23-25-27-31-49(63)68-40-42(69-50(64)32-28-26-24-22-20-18-16-14-12-10-8-6-4-2)41-70-37-35-45(58)56-43(30-29-36-53)51(65)55-38-46(59)54-39-47(60)57-44(52(66)67)33-34-48(61)62;/h42-44H,3-41,53H2,1-2H3,(H,54,59)(H,55,65)(H,56,58)(H,57,60)(H,61,62)(H,66,67);1H/t42?,43-,44-;/m0./s1. The molecule has 0 heterocycles. The molecule has 71 heavy (non-hydrogen) atoms. The van der Waals surface area contributed by atoms with E-state index in [2.05, 4.69) is 35.1 Å². The van der Waals surface area contributed by atoms with Crippen LogP contribution in [0.25, 0.3) is 0 Å². The molecular formula is C52H96ClN5O12S. The summed E-state index contributed by atoms with van der Waals surface area (Å²) < 4.78 is 11.4. The third-order valence-corrected chi connectivity index (χ3v) is 13.1. The van der Waals surface area contributed by atoms with Crippen molar-refractivity contribution in [2.75, 3.05) is 37.7 Å². The molecule has 3 atom stereocenters. The van der Waals surface area contributed by atoms with Crippen LogP contribution in [-0.4, -0.2) is 114 Å². The number of unbranched alkanes of at least 4 members (excludes halogenated alkanes) is 24. The summed E-state index contributed by atoms with van der Waals surface area (Å²) in [5, 5.41) is 27.5. The number of esters is 2. The van der Waals surface area contributed by atoms with E-state index in [9.17, 15) is 43.5 Å². The van der Waals surface area contributed by atoms with Crippen molar-refractivity contribution in [1.29, 1.82) is 0 Å². The number of nitrogens with two attached hydrogens (primary N) is 1. The topological polar surface area (TPSA) is 270 Å². The van der Waals surface area contributed by atoms with Crippen LogP contribution in [-0.2, 0) is 47.8 Å². The zero-order chi connectivity index (χ0) is 51.9. The molecule has 0 radical (unpaired) electrons. The van der Waals surface area contributed by atoms with Gasteiger partial charge in [-0.1, -0.05) is 168 Å². The summed E-state index contributed by atoms with van der Waals surface area (Å²) in [5.41, 5.74) is 5.66. The highest BCUT2D eigenvalue weighted by Crippen LogP contribution is 2.16. The van der Waals surface area contributed by atoms with Crippen LogP contribution >= 0.6 is 24.2 Å². The number of rotatable bonds is 50. The van der Waals surface area contributed by atoms with E-state index in [4.69, 9.17) is 20.3 Å². The Bertz CT molecular complexity index is 1430. The number of halogens is 1. The lowest BCUT2D eigenvalue weighted by Gasteiger charge is -2.19. The second kappa shape index (κ2) is 49.9. The quantitative estimate of drug-likeness (QED) is 0.0222. The fraction of sp³-hybridized carbons (Fsp3) is 0.846. The van der Waals surface area contributed by atoms with Crippen LogP contribution in [0.5, 0.6) is 0 Å². The number of aliphatic carboxylic acids is 2. The van der Waals surface area contributed by atoms with Crippen LogP contribution in [0.1, 0.15) is 226 Å². The van der Waals surface area contributed by atoms with Gasteiger partial charge in [-0.2, -0.15) is 11.8 Å². The number of carbonyl (C=O) groups excluding carboxylic acids is 6. The number of thioether (sulfide) groups is 1. The molecule has 0 aliphatic heterocycles. The molecule has 0 aromatic carbocycles. The summed E-state index contributed by atoms with van der Waals surface area (Å²) in [6.45, 7) is 3.50. The largest absolute Gasteiger partial charge is 0.481 e. The molecule has 414 valence electrons. The highest BCUT2D eigenvalue weighted by atomic mass is 35.5. The normalized spacial score (nSPS) is 12.2. The summed E-state index contributed by atoms with van der Waals surface area (Å²) in [7, 11) is 0. The Kier molecular flexibility index (Phi) is 48.8. The maximum atomic E-state index is 13.0. The summed E-state index contributed by atoms with van der Waals surface area (Å²) in [5.74, 6) is -5.40. The van der Waals surface area contributed by atoms with Crippen LogP contribution in [0.4, 0.5) is 0 Å². The predicted octanol–water partition coefficient (Wildman–Crippen LogP) is 8.84. The number of hydrogen-bond donors (Lipinski definition) is 7. The van der Waals surface area contributed by atoms with Gasteiger partial charge in [-0.15, -0.1) is 12.4 Å². The van der Waals surface area contributed by atoms with Gasteiger partial charge in [-0.05, 0) is 38.6 Å². The number of ether oxygens (including phenoxy) is 2. The van der Waals surface area contributed by atoms with Crippen LogP contribution in [0.2, 0.25) is 0 Å². The van der Waals surface area contributed by atoms with Crippen molar-refractivity contribution in [3.05, 3.63) is 0 Å². The van der Waals surface area contributed by atoms with E-state index in [1.807, 2.05) is 0 Å². The Hall–Kier alpha value is -3.64. The first-order valence-corrected chi connectivity index (χ1v) is 28.2. The molecule has 0 saturated heterocycles. The smallest absolute Gasteiger partial charge is 0.326 e. The first-order valence-electron chi connectivity index (χ1n) is 27.0. The summed E-state index contributed by atoms with van der Waals surface area (Å²) in [6, 6.07) is -2.46. The molecule has 0 aromatic rings. The van der Waals surface area contributed by atoms with Gasteiger partial charge in [-0.3, -0.25) is 33.6 Å². The maximum absolute atomic E-state index is 13.0. The Morgan fingerprint density at radius 1 is 0.507 bits per heavy atom. The number of carbonyl (C=O) groups is 8. The van der Waals surface area contributed by atoms with Crippen molar-refractivity contribution in [1.82, 2.24) is 21.3 Å². The van der Waals surface area contributed by atoms with Crippen molar-refractivity contribution in [3.63, 3.8) is 0 Å². The molecule has 1 unspecified atom stereocenters. The third-order valence-electron chi connectivity index (χ3n) is 12.0. The van der Waals surface area contributed by atoms with Gasteiger partial charge in [0.2, 0.25) is 23.6 Å². The average Bonchev–Trinajstić information content (AvgIpc) is 3.33. The van der Waals surface area contributed by atoms with Crippen molar-refractivity contribution >= 4 is 71.7 Å². The first kappa shape index (κ1) is 69.4. The summed E-state index contributed by atoms with van der Waals surface area (Å²) in [6.07, 6.45) is 31.0. The summed E-state index contributed by atoms with van der Waals surface area (Å²) in [4.78, 5) is 98.2. The van der Waals surface area contributed by atoms with Gasteiger partial charge in [-0.25, -0.2) is 4.79 Å². The van der Waals surface area contributed by atoms with E-state index in [0.717, 1.165) is 44.9 Å². The zero-order valence-electron chi connectivity index (χ0n) is 43.7. The van der Waals surface area contributed by atoms with Crippen molar-refractivity contribution in [3.8, 4) is 0 Å². The van der Waals surface area contributed by atoms with Gasteiger partial charge in [0.15, 0.2) is 0 Å². The van der Waals surface area contributed by atoms with Gasteiger partial charge in [0.05, 0.1) is 13.1 Å². The molecular weight excluding hydrogens is 954 g/mol. The van der Waals surface area contributed by atoms with E-state index in [1.165, 1.54) is 134 Å². The third kappa shape index (κ3) is 45.9. The Morgan fingerprint density at radius 2 is 0.958 bits per heavy atom. The second-order valence-corrected chi connectivity index (χ2v) is 19.7. The second-order valence-electron chi connectivity index (χ2n) is 18.5. The molecule has 0 rings (SSSR count). The van der Waals surface area contributed by atoms with Crippen molar-refractivity contribution in [2.45, 2.75) is 244 Å². The van der Waals surface area contributed by atoms with Crippen LogP contribution in [0.3, 0.4) is 0 Å². The molecule has 0 spiro atoms. The highest BCUT2D eigenvalue weighted by molar-refractivity contribution is 7.99. The Balaban J connectivity index is 0. The average molecular weight is 1050 g/mol. The molecule has 4 amide bonds. The van der Waals surface area contributed by atoms with Gasteiger partial charge in [0, 0.05) is 37.2 Å². The van der Waals surface area contributed by atoms with Crippen molar-refractivity contribution in [2.24, 2.45) is 5.73 Å². The monoisotopic (exact) mass is 1050 g/mol. The van der Waals surface area contributed by atoms with Crippen LogP contribution < -0.4 is 27.0 Å². The van der Waals surface area contributed by atoms with Crippen LogP contribution in [0, 0.1) is 0 Å². The summed E-state index contributed by atoms with van der Waals surface area (Å²) >= 11 is 1.36. The van der Waals surface area contributed by atoms with Crippen LogP contribution in [0.15, 0.2) is 0 Å². The molecule has 0 bridgehead atoms. The number of nitrogens with one attached hydrogen (secondary N) is 4. The molecule has 0 saturated carbocycles. The minimum absolute atomic E-state index is 0. The van der Waals surface area contributed by atoms with Gasteiger partial charge < -0.3 is 46.7 Å². The SMILES string of the molecule is CCCCCCCCCCCCCCCC(=O)OCC(CSCCC(=O)N[C@@H](CCCN)C(=O)NCC(=O)NCC(=O)N[C@@H](CCC(=O)O)C(=O)O)OC(=O)CCCCCCCCCCCCCCC.Cl. The predicted molar refractivity (Wildman–Crippen MR) is 283 cm³/mol. The van der Waals surface area contributed by atoms with Crippen molar-refractivity contribution < 1.29 is 58.0 Å². The minimum atomic E-state index is -1.46. The molecule has 0 fully saturated rings. The van der Waals surface area contributed by atoms with Gasteiger partial charge in [0.25, 0.3) is 0 Å². The van der Waals surface area contributed by atoms with Gasteiger partial charge >= 0.3 is 23.9 Å². The molecule has 0 aliphatic carbocycles. The fourth-order valence-corrected chi connectivity index (χ4v) is 8.66. The van der Waals surface area contributed by atoms with E-state index in [0.29, 0.717) is 24.3 Å². The molecule has 19 heteroatoms. The fourth-order valence-electron chi connectivity index (χ4n) is 7.73. The van der Waals surface area contributed by atoms with Gasteiger partial charge in [0.1, 0.15) is 24.8 Å². The van der Waals surface area contributed by atoms with E-state index < -0.39 is 73.3 Å². The number of carboxylic acid groups (broad SMARTS) is 2. The number of amides is 4. The lowest BCUT2D eigenvalue weighted by atomic mass is 10.0. The molecule has 0 aliphatic rings. The molecule has 8 N–H and O–H groups in total. The van der Waals surface area contributed by atoms with E-state index >= 15 is 0 Å². The highest BCUT2D eigenvalue weighted by Gasteiger charge is 2.24. The lowest BCUT2D eigenvalue weighted by Crippen LogP contribution is -2.50. The minimum Gasteiger partial charge on any atom is -0.481 e. The van der Waals surface area contributed by atoms with E-state index in [-0.39, 0.29) is 63.2 Å². The number of carboxylic acids is 2. The molecule has 17 nitrogen and oxygen atoms in total. The van der Waals surface area contributed by atoms with E-state index in [1.54, 1.807) is 0 Å². The molecule has 0 aromatic heterocycles. The maximum Gasteiger partial charge on any atom is 0.326 e.